The van der Waals surface area contributed by atoms with Gasteiger partial charge >= 0.3 is 0 Å². The monoisotopic (exact) mass is 360 g/mol. The molecule has 1 atom stereocenters. The van der Waals surface area contributed by atoms with Crippen molar-refractivity contribution in [2.75, 3.05) is 39.8 Å². The molecule has 7 nitrogen and oxygen atoms in total. The fourth-order valence-corrected chi connectivity index (χ4v) is 3.96. The van der Waals surface area contributed by atoms with Gasteiger partial charge in [0.1, 0.15) is 5.75 Å². The van der Waals surface area contributed by atoms with Gasteiger partial charge in [-0.25, -0.2) is 0 Å². The molecule has 26 heavy (non-hydrogen) atoms. The van der Waals surface area contributed by atoms with Gasteiger partial charge in [-0.15, -0.1) is 0 Å². The Balaban J connectivity index is 1.65. The SMILES string of the molecule is CN1CCN(Cc2cccc(OCC(N)=O)c2)C[C@@]12CCNC(=O)CC2. The van der Waals surface area contributed by atoms with Crippen LogP contribution in [0.3, 0.4) is 0 Å². The number of nitrogens with one attached hydrogen (secondary N) is 1. The predicted octanol–water partition coefficient (Wildman–Crippen LogP) is 0.337. The maximum atomic E-state index is 11.7. The van der Waals surface area contributed by atoms with E-state index in [0.717, 1.165) is 51.1 Å². The van der Waals surface area contributed by atoms with E-state index in [2.05, 4.69) is 28.2 Å². The van der Waals surface area contributed by atoms with Crippen molar-refractivity contribution < 1.29 is 14.3 Å². The van der Waals surface area contributed by atoms with Crippen LogP contribution >= 0.6 is 0 Å². The Kier molecular flexibility index (Phi) is 5.78. The molecule has 1 spiro atoms. The maximum absolute atomic E-state index is 11.7. The van der Waals surface area contributed by atoms with Crippen molar-refractivity contribution in [3.8, 4) is 5.75 Å². The van der Waals surface area contributed by atoms with Crippen LogP contribution < -0.4 is 15.8 Å². The molecule has 0 aliphatic carbocycles. The Morgan fingerprint density at radius 3 is 3.00 bits per heavy atom. The average Bonchev–Trinajstić information content (AvgIpc) is 2.79. The van der Waals surface area contributed by atoms with Crippen LogP contribution in [0, 0.1) is 0 Å². The van der Waals surface area contributed by atoms with Gasteiger partial charge in [0.05, 0.1) is 0 Å². The molecule has 7 heteroatoms. The quantitative estimate of drug-likeness (QED) is 0.790. The van der Waals surface area contributed by atoms with Gasteiger partial charge in [-0.3, -0.25) is 19.4 Å². The van der Waals surface area contributed by atoms with E-state index in [1.54, 1.807) is 0 Å². The van der Waals surface area contributed by atoms with Crippen LogP contribution in [0.2, 0.25) is 0 Å². The van der Waals surface area contributed by atoms with Crippen molar-refractivity contribution in [2.45, 2.75) is 31.3 Å². The van der Waals surface area contributed by atoms with Crippen molar-refractivity contribution in [3.05, 3.63) is 29.8 Å². The number of nitrogens with two attached hydrogens (primary N) is 1. The van der Waals surface area contributed by atoms with Gasteiger partial charge in [-0.2, -0.15) is 0 Å². The highest BCUT2D eigenvalue weighted by molar-refractivity contribution is 5.76. The lowest BCUT2D eigenvalue weighted by Crippen LogP contribution is -2.60. The number of carbonyl (C=O) groups is 2. The Bertz CT molecular complexity index is 666. The summed E-state index contributed by atoms with van der Waals surface area (Å²) in [7, 11) is 2.17. The molecule has 1 aromatic rings. The number of benzene rings is 1. The summed E-state index contributed by atoms with van der Waals surface area (Å²) in [6, 6.07) is 7.80. The lowest BCUT2D eigenvalue weighted by atomic mass is 9.86. The highest BCUT2D eigenvalue weighted by Gasteiger charge is 2.40. The Morgan fingerprint density at radius 1 is 1.35 bits per heavy atom. The second kappa shape index (κ2) is 8.05. The van der Waals surface area contributed by atoms with Gasteiger partial charge < -0.3 is 15.8 Å². The minimum Gasteiger partial charge on any atom is -0.484 e. The van der Waals surface area contributed by atoms with Crippen LogP contribution in [-0.4, -0.2) is 67.0 Å². The van der Waals surface area contributed by atoms with Crippen LogP contribution in [0.1, 0.15) is 24.8 Å². The number of likely N-dealkylation sites (N-methyl/N-ethyl adjacent to an activating group) is 1. The number of ether oxygens (including phenoxy) is 1. The molecule has 0 saturated carbocycles. The van der Waals surface area contributed by atoms with Gasteiger partial charge in [0.25, 0.3) is 5.91 Å². The van der Waals surface area contributed by atoms with Gasteiger partial charge in [0.15, 0.2) is 6.61 Å². The van der Waals surface area contributed by atoms with E-state index in [-0.39, 0.29) is 18.1 Å². The summed E-state index contributed by atoms with van der Waals surface area (Å²) in [5.41, 5.74) is 6.34. The van der Waals surface area contributed by atoms with E-state index in [9.17, 15) is 9.59 Å². The lowest BCUT2D eigenvalue weighted by Gasteiger charge is -2.49. The minimum absolute atomic E-state index is 0.0531. The molecule has 0 radical (unpaired) electrons. The Morgan fingerprint density at radius 2 is 2.19 bits per heavy atom. The molecule has 2 heterocycles. The van der Waals surface area contributed by atoms with Gasteiger partial charge in [0.2, 0.25) is 5.91 Å². The Labute approximate surface area is 154 Å². The first kappa shape index (κ1) is 18.7. The topological polar surface area (TPSA) is 87.9 Å². The fraction of sp³-hybridized carbons (Fsp3) is 0.579. The molecular formula is C19H28N4O3. The molecule has 0 aromatic heterocycles. The number of carbonyl (C=O) groups excluding carboxylic acids is 2. The first-order valence-electron chi connectivity index (χ1n) is 9.17. The molecule has 142 valence electrons. The van der Waals surface area contributed by atoms with E-state index in [4.69, 9.17) is 10.5 Å². The highest BCUT2D eigenvalue weighted by atomic mass is 16.5. The number of primary amides is 1. The van der Waals surface area contributed by atoms with E-state index >= 15 is 0 Å². The molecule has 2 aliphatic heterocycles. The number of amides is 2. The number of rotatable bonds is 5. The highest BCUT2D eigenvalue weighted by Crippen LogP contribution is 2.31. The molecule has 3 rings (SSSR count). The van der Waals surface area contributed by atoms with E-state index < -0.39 is 5.91 Å². The number of hydrogen-bond donors (Lipinski definition) is 2. The van der Waals surface area contributed by atoms with Gasteiger partial charge in [-0.1, -0.05) is 12.1 Å². The van der Waals surface area contributed by atoms with Crippen molar-refractivity contribution in [1.29, 1.82) is 0 Å². The third-order valence-electron chi connectivity index (χ3n) is 5.49. The number of nitrogens with zero attached hydrogens (tertiary/aromatic N) is 2. The molecule has 2 fully saturated rings. The smallest absolute Gasteiger partial charge is 0.255 e. The summed E-state index contributed by atoms with van der Waals surface area (Å²) in [4.78, 5) is 27.5. The van der Waals surface area contributed by atoms with Crippen molar-refractivity contribution in [3.63, 3.8) is 0 Å². The predicted molar refractivity (Wildman–Crippen MR) is 98.6 cm³/mol. The molecule has 0 unspecified atom stereocenters. The van der Waals surface area contributed by atoms with E-state index in [1.165, 1.54) is 0 Å². The normalized spacial score (nSPS) is 24.9. The fourth-order valence-electron chi connectivity index (χ4n) is 3.96. The van der Waals surface area contributed by atoms with E-state index in [0.29, 0.717) is 12.2 Å². The molecule has 0 bridgehead atoms. The van der Waals surface area contributed by atoms with Gasteiger partial charge in [-0.05, 0) is 37.6 Å². The molecule has 3 N–H and O–H groups in total. The van der Waals surface area contributed by atoms with Crippen molar-refractivity contribution >= 4 is 11.8 Å². The van der Waals surface area contributed by atoms with Crippen LogP contribution in [0.25, 0.3) is 0 Å². The largest absolute Gasteiger partial charge is 0.484 e. The summed E-state index contributed by atoms with van der Waals surface area (Å²) < 4.78 is 5.41. The second-order valence-corrected chi connectivity index (χ2v) is 7.36. The minimum atomic E-state index is -0.479. The molecule has 2 aliphatic rings. The summed E-state index contributed by atoms with van der Waals surface area (Å²) >= 11 is 0. The van der Waals surface area contributed by atoms with Crippen molar-refractivity contribution in [1.82, 2.24) is 15.1 Å². The third-order valence-corrected chi connectivity index (χ3v) is 5.49. The van der Waals surface area contributed by atoms with Crippen LogP contribution in [0.15, 0.2) is 24.3 Å². The summed E-state index contributed by atoms with van der Waals surface area (Å²) in [6.07, 6.45) is 2.47. The number of piperazine rings is 1. The zero-order chi connectivity index (χ0) is 18.6. The molecular weight excluding hydrogens is 332 g/mol. The summed E-state index contributed by atoms with van der Waals surface area (Å²) in [5.74, 6) is 0.342. The summed E-state index contributed by atoms with van der Waals surface area (Å²) in [6.45, 7) is 4.39. The second-order valence-electron chi connectivity index (χ2n) is 7.36. The third kappa shape index (κ3) is 4.53. The van der Waals surface area contributed by atoms with Crippen LogP contribution in [0.4, 0.5) is 0 Å². The maximum Gasteiger partial charge on any atom is 0.255 e. The molecule has 2 amide bonds. The summed E-state index contributed by atoms with van der Waals surface area (Å²) in [5, 5.41) is 2.99. The molecule has 2 saturated heterocycles. The van der Waals surface area contributed by atoms with Crippen molar-refractivity contribution in [2.24, 2.45) is 5.73 Å². The standard InChI is InChI=1S/C19H28N4O3/c1-22-9-10-23(14-19(22)6-5-18(25)21-8-7-19)12-15-3-2-4-16(11-15)26-13-17(20)24/h2-4,11H,5-10,12-14H2,1H3,(H2,20,24)(H,21,25)/t19-/m1/s1. The zero-order valence-electron chi connectivity index (χ0n) is 15.4. The average molecular weight is 360 g/mol. The first-order valence-corrected chi connectivity index (χ1v) is 9.17. The van der Waals surface area contributed by atoms with Crippen LogP contribution in [-0.2, 0) is 16.1 Å². The van der Waals surface area contributed by atoms with Gasteiger partial charge in [0, 0.05) is 44.7 Å². The van der Waals surface area contributed by atoms with Crippen LogP contribution in [0.5, 0.6) is 5.75 Å². The molecule has 1 aromatic carbocycles. The lowest BCUT2D eigenvalue weighted by molar-refractivity contribution is -0.121. The van der Waals surface area contributed by atoms with E-state index in [1.807, 2.05) is 18.2 Å². The number of hydrogen-bond acceptors (Lipinski definition) is 5. The zero-order valence-corrected chi connectivity index (χ0v) is 15.4. The Hall–Kier alpha value is -2.12. The first-order chi connectivity index (χ1) is 12.5.